The minimum Gasteiger partial charge on any atom is -0.493 e. The Balaban J connectivity index is 1.61. The molecule has 1 amide bonds. The average molecular weight is 335 g/mol. The van der Waals surface area contributed by atoms with Crippen molar-refractivity contribution in [3.63, 3.8) is 0 Å². The fourth-order valence-corrected chi connectivity index (χ4v) is 2.62. The van der Waals surface area contributed by atoms with E-state index < -0.39 is 5.97 Å². The Labute approximate surface area is 140 Å². The van der Waals surface area contributed by atoms with Crippen LogP contribution in [0.1, 0.15) is 30.1 Å². The molecular formula is C17H21NO6. The summed E-state index contributed by atoms with van der Waals surface area (Å²) in [4.78, 5) is 24.0. The Kier molecular flexibility index (Phi) is 4.78. The normalized spacial score (nSPS) is 16.9. The number of carbonyl (C=O) groups is 2. The molecule has 1 aromatic rings. The van der Waals surface area contributed by atoms with Gasteiger partial charge in [-0.05, 0) is 37.8 Å². The van der Waals surface area contributed by atoms with Gasteiger partial charge >= 0.3 is 5.97 Å². The summed E-state index contributed by atoms with van der Waals surface area (Å²) < 4.78 is 21.3. The largest absolute Gasteiger partial charge is 0.493 e. The van der Waals surface area contributed by atoms with Crippen LogP contribution in [-0.2, 0) is 9.53 Å². The van der Waals surface area contributed by atoms with Gasteiger partial charge in [-0.2, -0.15) is 0 Å². The SMILES string of the molecule is COc1cc(C(=O)OCC(=O)N[C@@H](C)C2CC2)cc2c1OCCO2. The predicted molar refractivity (Wildman–Crippen MR) is 84.6 cm³/mol. The molecule has 0 unspecified atom stereocenters. The molecule has 0 saturated heterocycles. The monoisotopic (exact) mass is 335 g/mol. The van der Waals surface area contributed by atoms with Crippen molar-refractivity contribution in [2.45, 2.75) is 25.8 Å². The van der Waals surface area contributed by atoms with Crippen LogP contribution < -0.4 is 19.5 Å². The first-order valence-corrected chi connectivity index (χ1v) is 8.02. The van der Waals surface area contributed by atoms with Crippen LogP contribution >= 0.6 is 0 Å². The van der Waals surface area contributed by atoms with Crippen LogP contribution in [0, 0.1) is 5.92 Å². The molecule has 1 fully saturated rings. The number of rotatable bonds is 6. The number of hydrogen-bond acceptors (Lipinski definition) is 6. The summed E-state index contributed by atoms with van der Waals surface area (Å²) in [6, 6.07) is 3.16. The second-order valence-corrected chi connectivity index (χ2v) is 5.97. The van der Waals surface area contributed by atoms with Gasteiger partial charge in [0, 0.05) is 6.04 Å². The van der Waals surface area contributed by atoms with Gasteiger partial charge < -0.3 is 24.3 Å². The molecule has 0 spiro atoms. The van der Waals surface area contributed by atoms with Gasteiger partial charge in [0.1, 0.15) is 13.2 Å². The second kappa shape index (κ2) is 6.98. The maximum absolute atomic E-state index is 12.2. The van der Waals surface area contributed by atoms with E-state index in [0.29, 0.717) is 36.4 Å². The van der Waals surface area contributed by atoms with Gasteiger partial charge in [0.2, 0.25) is 5.75 Å². The summed E-state index contributed by atoms with van der Waals surface area (Å²) in [6.07, 6.45) is 2.27. The zero-order chi connectivity index (χ0) is 17.1. The number of ether oxygens (including phenoxy) is 4. The minimum absolute atomic E-state index is 0.116. The highest BCUT2D eigenvalue weighted by Crippen LogP contribution is 2.40. The second-order valence-electron chi connectivity index (χ2n) is 5.97. The number of hydrogen-bond donors (Lipinski definition) is 1. The van der Waals surface area contributed by atoms with E-state index in [-0.39, 0.29) is 24.1 Å². The number of methoxy groups -OCH3 is 1. The van der Waals surface area contributed by atoms with Crippen molar-refractivity contribution in [1.29, 1.82) is 0 Å². The molecule has 3 rings (SSSR count). The molecular weight excluding hydrogens is 314 g/mol. The lowest BCUT2D eigenvalue weighted by atomic mass is 10.1. The van der Waals surface area contributed by atoms with Crippen molar-refractivity contribution >= 4 is 11.9 Å². The number of carbonyl (C=O) groups excluding carboxylic acids is 2. The molecule has 0 bridgehead atoms. The van der Waals surface area contributed by atoms with Crippen LogP contribution in [0.15, 0.2) is 12.1 Å². The van der Waals surface area contributed by atoms with Gasteiger partial charge in [0.05, 0.1) is 12.7 Å². The Morgan fingerprint density at radius 1 is 1.29 bits per heavy atom. The van der Waals surface area contributed by atoms with Crippen molar-refractivity contribution in [2.24, 2.45) is 5.92 Å². The summed E-state index contributed by atoms with van der Waals surface area (Å²) in [5, 5.41) is 2.84. The van der Waals surface area contributed by atoms with Crippen molar-refractivity contribution in [3.05, 3.63) is 17.7 Å². The van der Waals surface area contributed by atoms with Crippen LogP contribution in [0.25, 0.3) is 0 Å². The molecule has 0 radical (unpaired) electrons. The van der Waals surface area contributed by atoms with Crippen LogP contribution in [0.3, 0.4) is 0 Å². The van der Waals surface area contributed by atoms with Crippen molar-refractivity contribution in [2.75, 3.05) is 26.9 Å². The predicted octanol–water partition coefficient (Wildman–Crippen LogP) is 1.54. The topological polar surface area (TPSA) is 83.1 Å². The number of benzene rings is 1. The molecule has 0 aromatic heterocycles. The standard InChI is InChI=1S/C17H21NO6/c1-10(11-3-4-11)18-15(19)9-24-17(20)12-7-13(21-2)16-14(8-12)22-5-6-23-16/h7-8,10-11H,3-6,9H2,1-2H3,(H,18,19)/t10-/m0/s1. The Morgan fingerprint density at radius 3 is 2.75 bits per heavy atom. The zero-order valence-corrected chi connectivity index (χ0v) is 13.8. The highest BCUT2D eigenvalue weighted by atomic mass is 16.6. The molecule has 1 heterocycles. The maximum Gasteiger partial charge on any atom is 0.338 e. The van der Waals surface area contributed by atoms with E-state index >= 15 is 0 Å². The summed E-state index contributed by atoms with van der Waals surface area (Å²) >= 11 is 0. The summed E-state index contributed by atoms with van der Waals surface area (Å²) in [5.41, 5.74) is 0.249. The third-order valence-corrected chi connectivity index (χ3v) is 4.12. The minimum atomic E-state index is -0.612. The Hall–Kier alpha value is -2.44. The maximum atomic E-state index is 12.2. The molecule has 7 nitrogen and oxygen atoms in total. The first-order valence-electron chi connectivity index (χ1n) is 8.02. The van der Waals surface area contributed by atoms with Crippen LogP contribution in [0.2, 0.25) is 0 Å². The smallest absolute Gasteiger partial charge is 0.338 e. The quantitative estimate of drug-likeness (QED) is 0.794. The van der Waals surface area contributed by atoms with E-state index in [1.165, 1.54) is 19.2 Å². The van der Waals surface area contributed by atoms with E-state index in [2.05, 4.69) is 5.32 Å². The van der Waals surface area contributed by atoms with E-state index in [1.54, 1.807) is 0 Å². The van der Waals surface area contributed by atoms with Gasteiger partial charge in [-0.1, -0.05) is 0 Å². The summed E-state index contributed by atoms with van der Waals surface area (Å²) in [6.45, 7) is 2.47. The molecule has 1 aliphatic heterocycles. The Morgan fingerprint density at radius 2 is 2.04 bits per heavy atom. The zero-order valence-electron chi connectivity index (χ0n) is 13.8. The molecule has 1 aliphatic carbocycles. The van der Waals surface area contributed by atoms with Gasteiger partial charge in [-0.3, -0.25) is 4.79 Å². The van der Waals surface area contributed by atoms with Gasteiger partial charge in [-0.25, -0.2) is 4.79 Å². The molecule has 130 valence electrons. The van der Waals surface area contributed by atoms with Gasteiger partial charge in [0.25, 0.3) is 5.91 Å². The molecule has 1 saturated carbocycles. The third-order valence-electron chi connectivity index (χ3n) is 4.12. The third kappa shape index (κ3) is 3.72. The van der Waals surface area contributed by atoms with E-state index in [1.807, 2.05) is 6.92 Å². The fourth-order valence-electron chi connectivity index (χ4n) is 2.62. The van der Waals surface area contributed by atoms with Crippen molar-refractivity contribution in [3.8, 4) is 17.2 Å². The fraction of sp³-hybridized carbons (Fsp3) is 0.529. The van der Waals surface area contributed by atoms with Crippen molar-refractivity contribution in [1.82, 2.24) is 5.32 Å². The lowest BCUT2D eigenvalue weighted by Crippen LogP contribution is -2.37. The molecule has 24 heavy (non-hydrogen) atoms. The first-order chi connectivity index (χ1) is 11.6. The number of esters is 1. The lowest BCUT2D eigenvalue weighted by molar-refractivity contribution is -0.124. The Bertz CT molecular complexity index is 623. The average Bonchev–Trinajstić information content (AvgIpc) is 3.43. The summed E-state index contributed by atoms with van der Waals surface area (Å²) in [5.74, 6) is 0.931. The molecule has 2 aliphatic rings. The summed E-state index contributed by atoms with van der Waals surface area (Å²) in [7, 11) is 1.48. The number of nitrogens with one attached hydrogen (secondary N) is 1. The van der Waals surface area contributed by atoms with Gasteiger partial charge in [-0.15, -0.1) is 0 Å². The number of fused-ring (bicyclic) bond motifs is 1. The van der Waals surface area contributed by atoms with Crippen LogP contribution in [-0.4, -0.2) is 44.8 Å². The highest BCUT2D eigenvalue weighted by molar-refractivity contribution is 5.92. The van der Waals surface area contributed by atoms with Crippen molar-refractivity contribution < 1.29 is 28.5 Å². The van der Waals surface area contributed by atoms with Crippen LogP contribution in [0.4, 0.5) is 0 Å². The molecule has 1 aromatic carbocycles. The van der Waals surface area contributed by atoms with E-state index in [9.17, 15) is 9.59 Å². The molecule has 7 heteroatoms. The first kappa shape index (κ1) is 16.4. The highest BCUT2D eigenvalue weighted by Gasteiger charge is 2.29. The van der Waals surface area contributed by atoms with E-state index in [0.717, 1.165) is 12.8 Å². The van der Waals surface area contributed by atoms with E-state index in [4.69, 9.17) is 18.9 Å². The van der Waals surface area contributed by atoms with Crippen LogP contribution in [0.5, 0.6) is 17.2 Å². The lowest BCUT2D eigenvalue weighted by Gasteiger charge is -2.21. The number of amides is 1. The molecule has 1 atom stereocenters. The molecule has 1 N–H and O–H groups in total. The van der Waals surface area contributed by atoms with Gasteiger partial charge in [0.15, 0.2) is 18.1 Å².